The number of thiazole rings is 1. The standard InChI is InChI=1S/C27H35N5O2S/c1-5-31(6-2)25(33)18-30-13-15-32(16-14-30)20(4)26(34)28-22-10-8-21(9-11-22)27-29-23-12-7-19(3)17-24(23)35-27/h7-12,17,20H,5-6,13-16,18H2,1-4H3,(H,28,34)/t20-/m1/s1. The number of aryl methyl sites for hydroxylation is 1. The van der Waals surface area contributed by atoms with Gasteiger partial charge in [0.25, 0.3) is 0 Å². The summed E-state index contributed by atoms with van der Waals surface area (Å²) in [6.07, 6.45) is 0. The average molecular weight is 494 g/mol. The zero-order chi connectivity index (χ0) is 24.9. The van der Waals surface area contributed by atoms with E-state index in [2.05, 4.69) is 40.2 Å². The summed E-state index contributed by atoms with van der Waals surface area (Å²) >= 11 is 1.68. The second-order valence-corrected chi connectivity index (χ2v) is 10.1. The van der Waals surface area contributed by atoms with E-state index >= 15 is 0 Å². The Morgan fingerprint density at radius 2 is 1.74 bits per heavy atom. The maximum absolute atomic E-state index is 12.9. The van der Waals surface area contributed by atoms with Gasteiger partial charge in [-0.3, -0.25) is 19.4 Å². The third kappa shape index (κ3) is 6.07. The minimum Gasteiger partial charge on any atom is -0.342 e. The molecule has 1 aliphatic heterocycles. The van der Waals surface area contributed by atoms with Crippen molar-refractivity contribution >= 4 is 39.1 Å². The van der Waals surface area contributed by atoms with Crippen molar-refractivity contribution in [3.05, 3.63) is 48.0 Å². The molecule has 186 valence electrons. The monoisotopic (exact) mass is 493 g/mol. The maximum Gasteiger partial charge on any atom is 0.241 e. The van der Waals surface area contributed by atoms with Gasteiger partial charge in [0.1, 0.15) is 5.01 Å². The molecule has 2 aromatic carbocycles. The molecule has 0 bridgehead atoms. The molecule has 7 nitrogen and oxygen atoms in total. The van der Waals surface area contributed by atoms with E-state index in [0.29, 0.717) is 6.54 Å². The summed E-state index contributed by atoms with van der Waals surface area (Å²) in [5, 5.41) is 4.03. The molecule has 2 heterocycles. The van der Waals surface area contributed by atoms with Crippen LogP contribution in [0.5, 0.6) is 0 Å². The number of rotatable bonds is 8. The van der Waals surface area contributed by atoms with Crippen LogP contribution in [0, 0.1) is 6.92 Å². The molecule has 2 amide bonds. The number of fused-ring (bicyclic) bond motifs is 1. The van der Waals surface area contributed by atoms with Crippen LogP contribution in [-0.4, -0.2) is 83.4 Å². The Labute approximate surface area is 211 Å². The molecule has 1 aromatic heterocycles. The van der Waals surface area contributed by atoms with Gasteiger partial charge in [0.2, 0.25) is 11.8 Å². The van der Waals surface area contributed by atoms with Crippen LogP contribution in [-0.2, 0) is 9.59 Å². The van der Waals surface area contributed by atoms with E-state index in [4.69, 9.17) is 4.98 Å². The fraction of sp³-hybridized carbons (Fsp3) is 0.444. The van der Waals surface area contributed by atoms with E-state index in [0.717, 1.165) is 61.0 Å². The maximum atomic E-state index is 12.9. The molecule has 1 fully saturated rings. The molecule has 1 N–H and O–H groups in total. The highest BCUT2D eigenvalue weighted by atomic mass is 32.1. The van der Waals surface area contributed by atoms with Gasteiger partial charge in [-0.15, -0.1) is 11.3 Å². The number of amides is 2. The first-order valence-electron chi connectivity index (χ1n) is 12.4. The smallest absolute Gasteiger partial charge is 0.241 e. The van der Waals surface area contributed by atoms with Gasteiger partial charge in [-0.1, -0.05) is 6.07 Å². The van der Waals surface area contributed by atoms with Gasteiger partial charge in [0.05, 0.1) is 22.8 Å². The predicted octanol–water partition coefficient (Wildman–Crippen LogP) is 4.08. The van der Waals surface area contributed by atoms with Crippen molar-refractivity contribution in [3.63, 3.8) is 0 Å². The first-order valence-corrected chi connectivity index (χ1v) is 13.2. The van der Waals surface area contributed by atoms with Crippen LogP contribution < -0.4 is 5.32 Å². The molecule has 8 heteroatoms. The number of nitrogens with one attached hydrogen (secondary N) is 1. The van der Waals surface area contributed by atoms with Gasteiger partial charge in [-0.2, -0.15) is 0 Å². The molecule has 0 saturated carbocycles. The quantitative estimate of drug-likeness (QED) is 0.512. The minimum absolute atomic E-state index is 0.0131. The van der Waals surface area contributed by atoms with Gasteiger partial charge < -0.3 is 10.2 Å². The van der Waals surface area contributed by atoms with E-state index in [9.17, 15) is 9.59 Å². The number of hydrogen-bond donors (Lipinski definition) is 1. The van der Waals surface area contributed by atoms with E-state index in [-0.39, 0.29) is 17.9 Å². The van der Waals surface area contributed by atoms with E-state index < -0.39 is 0 Å². The molecule has 4 rings (SSSR count). The highest BCUT2D eigenvalue weighted by Crippen LogP contribution is 2.31. The molecule has 1 atom stereocenters. The van der Waals surface area contributed by atoms with Crippen LogP contribution in [0.3, 0.4) is 0 Å². The zero-order valence-electron chi connectivity index (χ0n) is 21.1. The van der Waals surface area contributed by atoms with Crippen molar-refractivity contribution < 1.29 is 9.59 Å². The summed E-state index contributed by atoms with van der Waals surface area (Å²) in [6, 6.07) is 14.0. The molecular formula is C27H35N5O2S. The Bertz CT molecular complexity index is 1160. The number of carbonyl (C=O) groups is 2. The molecule has 1 aliphatic rings. The normalized spacial score (nSPS) is 15.8. The molecule has 0 aliphatic carbocycles. The number of anilines is 1. The largest absolute Gasteiger partial charge is 0.342 e. The summed E-state index contributed by atoms with van der Waals surface area (Å²) in [5.74, 6) is 0.166. The van der Waals surface area contributed by atoms with Crippen LogP contribution in [0.2, 0.25) is 0 Å². The van der Waals surface area contributed by atoms with E-state index in [1.165, 1.54) is 10.3 Å². The second-order valence-electron chi connectivity index (χ2n) is 9.11. The summed E-state index contributed by atoms with van der Waals surface area (Å²) in [7, 11) is 0. The van der Waals surface area contributed by atoms with Crippen molar-refractivity contribution in [2.75, 3.05) is 51.1 Å². The number of carbonyl (C=O) groups excluding carboxylic acids is 2. The Hall–Kier alpha value is -2.81. The topological polar surface area (TPSA) is 68.8 Å². The zero-order valence-corrected chi connectivity index (χ0v) is 21.9. The van der Waals surface area contributed by atoms with Crippen molar-refractivity contribution in [1.29, 1.82) is 0 Å². The van der Waals surface area contributed by atoms with Gasteiger partial charge in [0, 0.05) is 50.5 Å². The van der Waals surface area contributed by atoms with Crippen molar-refractivity contribution in [3.8, 4) is 10.6 Å². The lowest BCUT2D eigenvalue weighted by Gasteiger charge is -2.37. The number of nitrogens with zero attached hydrogens (tertiary/aromatic N) is 4. The van der Waals surface area contributed by atoms with E-state index in [1.807, 2.05) is 49.9 Å². The molecule has 0 radical (unpaired) electrons. The first-order chi connectivity index (χ1) is 16.9. The summed E-state index contributed by atoms with van der Waals surface area (Å²) in [4.78, 5) is 36.3. The van der Waals surface area contributed by atoms with Gasteiger partial charge in [0.15, 0.2) is 0 Å². The van der Waals surface area contributed by atoms with Crippen molar-refractivity contribution in [2.24, 2.45) is 0 Å². The second kappa shape index (κ2) is 11.3. The highest BCUT2D eigenvalue weighted by molar-refractivity contribution is 7.21. The summed E-state index contributed by atoms with van der Waals surface area (Å²) in [6.45, 7) is 13.1. The number of hydrogen-bond acceptors (Lipinski definition) is 6. The van der Waals surface area contributed by atoms with Gasteiger partial charge in [-0.05, 0) is 69.7 Å². The van der Waals surface area contributed by atoms with Gasteiger partial charge in [-0.25, -0.2) is 4.98 Å². The molecule has 0 spiro atoms. The van der Waals surface area contributed by atoms with Crippen LogP contribution >= 0.6 is 11.3 Å². The summed E-state index contributed by atoms with van der Waals surface area (Å²) in [5.41, 5.74) is 4.07. The SMILES string of the molecule is CCN(CC)C(=O)CN1CCN([C@H](C)C(=O)Nc2ccc(-c3nc4ccc(C)cc4s3)cc2)CC1. The first kappa shape index (κ1) is 25.3. The number of piperazine rings is 1. The van der Waals surface area contributed by atoms with Crippen LogP contribution in [0.25, 0.3) is 20.8 Å². The molecule has 1 saturated heterocycles. The van der Waals surface area contributed by atoms with E-state index in [1.54, 1.807) is 11.3 Å². The fourth-order valence-corrected chi connectivity index (χ4v) is 5.51. The van der Waals surface area contributed by atoms with Crippen LogP contribution in [0.1, 0.15) is 26.3 Å². The minimum atomic E-state index is -0.234. The number of aromatic nitrogens is 1. The number of likely N-dealkylation sites (N-methyl/N-ethyl adjacent to an activating group) is 1. The lowest BCUT2D eigenvalue weighted by atomic mass is 10.2. The Morgan fingerprint density at radius 3 is 2.40 bits per heavy atom. The van der Waals surface area contributed by atoms with Crippen molar-refractivity contribution in [1.82, 2.24) is 19.7 Å². The lowest BCUT2D eigenvalue weighted by Crippen LogP contribution is -2.54. The Kier molecular flexibility index (Phi) is 8.15. The predicted molar refractivity (Wildman–Crippen MR) is 144 cm³/mol. The Balaban J connectivity index is 1.29. The number of benzene rings is 2. The molecule has 3 aromatic rings. The third-order valence-electron chi connectivity index (χ3n) is 6.75. The molecular weight excluding hydrogens is 458 g/mol. The summed E-state index contributed by atoms with van der Waals surface area (Å²) < 4.78 is 1.18. The van der Waals surface area contributed by atoms with Crippen molar-refractivity contribution in [2.45, 2.75) is 33.7 Å². The molecule has 35 heavy (non-hydrogen) atoms. The lowest BCUT2D eigenvalue weighted by molar-refractivity contribution is -0.133. The fourth-order valence-electron chi connectivity index (χ4n) is 4.44. The van der Waals surface area contributed by atoms with Crippen LogP contribution in [0.15, 0.2) is 42.5 Å². The third-order valence-corrected chi connectivity index (χ3v) is 7.82. The van der Waals surface area contributed by atoms with Crippen LogP contribution in [0.4, 0.5) is 5.69 Å². The van der Waals surface area contributed by atoms with Gasteiger partial charge >= 0.3 is 0 Å². The Morgan fingerprint density at radius 1 is 1.06 bits per heavy atom. The molecule has 0 unspecified atom stereocenters. The average Bonchev–Trinajstić information content (AvgIpc) is 3.28. The highest BCUT2D eigenvalue weighted by Gasteiger charge is 2.27.